The van der Waals surface area contributed by atoms with Crippen LogP contribution in [0.5, 0.6) is 5.75 Å². The summed E-state index contributed by atoms with van der Waals surface area (Å²) in [5, 5.41) is 7.20. The number of benzene rings is 3. The van der Waals surface area contributed by atoms with Crippen LogP contribution in [0.4, 0.5) is 11.4 Å². The highest BCUT2D eigenvalue weighted by molar-refractivity contribution is 8.18. The number of hydrogen-bond acceptors (Lipinski definition) is 5. The molecule has 1 aromatic heterocycles. The normalized spacial score (nSPS) is 15.5. The van der Waals surface area contributed by atoms with E-state index < -0.39 is 0 Å². The van der Waals surface area contributed by atoms with Crippen molar-refractivity contribution in [3.8, 4) is 5.75 Å². The largest absolute Gasteiger partial charge is 0.497 e. The Labute approximate surface area is 206 Å². The van der Waals surface area contributed by atoms with Crippen LogP contribution in [0.3, 0.4) is 0 Å². The predicted molar refractivity (Wildman–Crippen MR) is 141 cm³/mol. The lowest BCUT2D eigenvalue weighted by molar-refractivity contribution is -0.117. The Morgan fingerprint density at radius 1 is 1.06 bits per heavy atom. The Morgan fingerprint density at radius 3 is 2.57 bits per heavy atom. The number of carbonyl (C=O) groups is 2. The maximum atomic E-state index is 12.6. The van der Waals surface area contributed by atoms with Crippen LogP contribution in [0.15, 0.2) is 95.0 Å². The van der Waals surface area contributed by atoms with Gasteiger partial charge in [-0.3, -0.25) is 9.59 Å². The molecule has 174 valence electrons. The summed E-state index contributed by atoms with van der Waals surface area (Å²) >= 11 is 1.28. The van der Waals surface area contributed by atoms with Crippen LogP contribution in [0, 0.1) is 0 Å². The van der Waals surface area contributed by atoms with E-state index >= 15 is 0 Å². The quantitative estimate of drug-likeness (QED) is 0.371. The zero-order valence-electron chi connectivity index (χ0n) is 18.9. The smallest absolute Gasteiger partial charge is 0.264 e. The molecule has 1 fully saturated rings. The number of aromatic nitrogens is 1. The van der Waals surface area contributed by atoms with Crippen molar-refractivity contribution in [3.63, 3.8) is 0 Å². The molecule has 0 saturated carbocycles. The van der Waals surface area contributed by atoms with Crippen molar-refractivity contribution in [2.45, 2.75) is 6.54 Å². The maximum absolute atomic E-state index is 12.6. The first kappa shape index (κ1) is 22.5. The number of rotatable bonds is 6. The van der Waals surface area contributed by atoms with Crippen molar-refractivity contribution in [1.29, 1.82) is 0 Å². The lowest BCUT2D eigenvalue weighted by atomic mass is 10.1. The Morgan fingerprint density at radius 2 is 1.80 bits per heavy atom. The fourth-order valence-corrected chi connectivity index (χ4v) is 4.63. The van der Waals surface area contributed by atoms with Gasteiger partial charge in [0, 0.05) is 28.4 Å². The number of thioether (sulfide) groups is 1. The Balaban J connectivity index is 1.38. The number of carbonyl (C=O) groups excluding carboxylic acids is 2. The third-order valence-electron chi connectivity index (χ3n) is 5.43. The minimum absolute atomic E-state index is 0.127. The average molecular weight is 483 g/mol. The predicted octanol–water partition coefficient (Wildman–Crippen LogP) is 5.18. The van der Waals surface area contributed by atoms with Crippen molar-refractivity contribution >= 4 is 57.1 Å². The van der Waals surface area contributed by atoms with E-state index in [-0.39, 0.29) is 18.4 Å². The van der Waals surface area contributed by atoms with Crippen LogP contribution < -0.4 is 15.4 Å². The lowest BCUT2D eigenvalue weighted by Crippen LogP contribution is -2.19. The number of amides is 2. The van der Waals surface area contributed by atoms with Gasteiger partial charge in [0.1, 0.15) is 12.3 Å². The molecule has 0 atom stereocenters. The summed E-state index contributed by atoms with van der Waals surface area (Å²) in [6.07, 6.45) is 3.74. The summed E-state index contributed by atoms with van der Waals surface area (Å²) < 4.78 is 7.06. The molecular weight excluding hydrogens is 460 g/mol. The molecule has 1 aliphatic heterocycles. The molecule has 0 bridgehead atoms. The summed E-state index contributed by atoms with van der Waals surface area (Å²) in [7, 11) is 1.61. The molecule has 0 unspecified atom stereocenters. The highest BCUT2D eigenvalue weighted by Crippen LogP contribution is 2.31. The van der Waals surface area contributed by atoms with Crippen LogP contribution >= 0.6 is 11.8 Å². The second kappa shape index (κ2) is 9.90. The summed E-state index contributed by atoms with van der Waals surface area (Å²) in [4.78, 5) is 30.3. The third-order valence-corrected chi connectivity index (χ3v) is 6.34. The minimum Gasteiger partial charge on any atom is -0.497 e. The molecule has 5 rings (SSSR count). The van der Waals surface area contributed by atoms with Gasteiger partial charge in [0.2, 0.25) is 5.91 Å². The molecule has 2 N–H and O–H groups in total. The van der Waals surface area contributed by atoms with Gasteiger partial charge in [-0.15, -0.1) is 0 Å². The molecule has 0 radical (unpaired) electrons. The highest BCUT2D eigenvalue weighted by Gasteiger charge is 2.24. The van der Waals surface area contributed by atoms with Gasteiger partial charge in [-0.25, -0.2) is 4.99 Å². The lowest BCUT2D eigenvalue weighted by Gasteiger charge is -2.07. The van der Waals surface area contributed by atoms with E-state index in [0.29, 0.717) is 10.1 Å². The Bertz CT molecular complexity index is 1460. The SMILES string of the molecule is COc1ccc(N=C2NC(=O)/C(=C\c3cn(CC(=O)Nc4ccccc4)c4ccccc34)S2)cc1. The third kappa shape index (κ3) is 5.12. The van der Waals surface area contributed by atoms with Gasteiger partial charge in [-0.1, -0.05) is 36.4 Å². The number of methoxy groups -OCH3 is 1. The van der Waals surface area contributed by atoms with Crippen LogP contribution in [0.2, 0.25) is 0 Å². The number of ether oxygens (including phenoxy) is 1. The van der Waals surface area contributed by atoms with Crippen molar-refractivity contribution < 1.29 is 14.3 Å². The zero-order valence-corrected chi connectivity index (χ0v) is 19.7. The van der Waals surface area contributed by atoms with E-state index in [1.165, 1.54) is 11.8 Å². The first-order valence-corrected chi connectivity index (χ1v) is 11.8. The van der Waals surface area contributed by atoms with Crippen molar-refractivity contribution in [2.24, 2.45) is 4.99 Å². The maximum Gasteiger partial charge on any atom is 0.264 e. The number of amidine groups is 1. The number of fused-ring (bicyclic) bond motifs is 1. The van der Waals surface area contributed by atoms with E-state index in [0.717, 1.165) is 33.6 Å². The molecule has 8 heteroatoms. The average Bonchev–Trinajstić information content (AvgIpc) is 3.39. The first-order valence-electron chi connectivity index (χ1n) is 11.0. The van der Waals surface area contributed by atoms with Gasteiger partial charge in [0.05, 0.1) is 17.7 Å². The summed E-state index contributed by atoms with van der Waals surface area (Å²) in [6, 6.07) is 24.5. The fourth-order valence-electron chi connectivity index (χ4n) is 3.79. The minimum atomic E-state index is -0.207. The zero-order chi connectivity index (χ0) is 24.2. The number of hydrogen-bond donors (Lipinski definition) is 2. The topological polar surface area (TPSA) is 84.7 Å². The second-order valence-electron chi connectivity index (χ2n) is 7.82. The molecule has 0 aliphatic carbocycles. The van der Waals surface area contributed by atoms with Crippen molar-refractivity contribution in [2.75, 3.05) is 12.4 Å². The van der Waals surface area contributed by atoms with Gasteiger partial charge in [0.25, 0.3) is 5.91 Å². The van der Waals surface area contributed by atoms with Crippen LogP contribution in [0.25, 0.3) is 17.0 Å². The molecule has 2 amide bonds. The van der Waals surface area contributed by atoms with Gasteiger partial charge in [-0.2, -0.15) is 0 Å². The molecule has 35 heavy (non-hydrogen) atoms. The number of nitrogens with one attached hydrogen (secondary N) is 2. The Hall–Kier alpha value is -4.30. The fraction of sp³-hybridized carbons (Fsp3) is 0.0741. The van der Waals surface area contributed by atoms with E-state index in [1.54, 1.807) is 7.11 Å². The molecule has 7 nitrogen and oxygen atoms in total. The van der Waals surface area contributed by atoms with Gasteiger partial charge in [-0.05, 0) is 60.3 Å². The van der Waals surface area contributed by atoms with Crippen LogP contribution in [-0.2, 0) is 16.1 Å². The van der Waals surface area contributed by atoms with Gasteiger partial charge < -0.3 is 19.9 Å². The first-order chi connectivity index (χ1) is 17.1. The van der Waals surface area contributed by atoms with Crippen molar-refractivity contribution in [3.05, 3.63) is 95.5 Å². The standard InChI is InChI=1S/C27H22N4O3S/c1-34-21-13-11-20(12-14-21)29-27-30-26(33)24(35-27)15-18-16-31(23-10-6-5-9-22(18)23)17-25(32)28-19-7-3-2-4-8-19/h2-16H,17H2,1H3,(H,28,32)(H,29,30,33)/b24-15+. The van der Waals surface area contributed by atoms with Crippen LogP contribution in [0.1, 0.15) is 5.56 Å². The number of nitrogens with zero attached hydrogens (tertiary/aromatic N) is 2. The van der Waals surface area contributed by atoms with Crippen LogP contribution in [-0.4, -0.2) is 28.7 Å². The van der Waals surface area contributed by atoms with Crippen molar-refractivity contribution in [1.82, 2.24) is 9.88 Å². The van der Waals surface area contributed by atoms with E-state index in [4.69, 9.17) is 4.74 Å². The molecule has 2 heterocycles. The van der Waals surface area contributed by atoms with Gasteiger partial charge in [0.15, 0.2) is 5.17 Å². The second-order valence-corrected chi connectivity index (χ2v) is 8.85. The van der Waals surface area contributed by atoms with E-state index in [1.807, 2.05) is 95.7 Å². The molecule has 3 aromatic carbocycles. The molecule has 4 aromatic rings. The molecule has 1 saturated heterocycles. The number of aliphatic imine (C=N–C) groups is 1. The molecule has 0 spiro atoms. The van der Waals surface area contributed by atoms with E-state index in [2.05, 4.69) is 15.6 Å². The number of para-hydroxylation sites is 2. The molecular formula is C27H22N4O3S. The van der Waals surface area contributed by atoms with E-state index in [9.17, 15) is 9.59 Å². The Kier molecular flexibility index (Phi) is 6.36. The molecule has 1 aliphatic rings. The highest BCUT2D eigenvalue weighted by atomic mass is 32.2. The monoisotopic (exact) mass is 482 g/mol. The summed E-state index contributed by atoms with van der Waals surface area (Å²) in [5.74, 6) is 0.408. The summed E-state index contributed by atoms with van der Waals surface area (Å²) in [6.45, 7) is 0.155. The van der Waals surface area contributed by atoms with Gasteiger partial charge >= 0.3 is 0 Å². The summed E-state index contributed by atoms with van der Waals surface area (Å²) in [5.41, 5.74) is 3.24. The number of anilines is 1.